The second-order valence-corrected chi connectivity index (χ2v) is 4.79. The minimum Gasteiger partial charge on any atom is -0.492 e. The van der Waals surface area contributed by atoms with Gasteiger partial charge in [-0.3, -0.25) is 5.32 Å². The summed E-state index contributed by atoms with van der Waals surface area (Å²) in [4.78, 5) is 11.5. The fraction of sp³-hybridized carbons (Fsp3) is 0.462. The molecule has 3 N–H and O–H groups in total. The normalized spacial score (nSPS) is 10.9. The van der Waals surface area contributed by atoms with Gasteiger partial charge < -0.3 is 15.2 Å². The standard InChI is InChI=1S/C13H20N2O3/c1-13(2,3)18-12(16)15-10-4-6-11(7-5-10)17-9-8-14/h4-7H,8-9,14H2,1-3H3,(H,15,16). The molecule has 1 aromatic rings. The number of amides is 1. The van der Waals surface area contributed by atoms with E-state index in [4.69, 9.17) is 15.2 Å². The van der Waals surface area contributed by atoms with Gasteiger partial charge in [0, 0.05) is 12.2 Å². The first-order chi connectivity index (χ1) is 8.40. The zero-order chi connectivity index (χ0) is 13.6. The summed E-state index contributed by atoms with van der Waals surface area (Å²) in [6.07, 6.45) is -0.474. The molecule has 0 aliphatic heterocycles. The Morgan fingerprint density at radius 3 is 2.39 bits per heavy atom. The van der Waals surface area contributed by atoms with Crippen LogP contribution in [0.1, 0.15) is 20.8 Å². The average molecular weight is 252 g/mol. The Kier molecular flexibility index (Phi) is 4.97. The summed E-state index contributed by atoms with van der Waals surface area (Å²) < 4.78 is 10.5. The lowest BCUT2D eigenvalue weighted by molar-refractivity contribution is 0.0636. The molecule has 5 nitrogen and oxygen atoms in total. The van der Waals surface area contributed by atoms with Crippen molar-refractivity contribution in [3.05, 3.63) is 24.3 Å². The quantitative estimate of drug-likeness (QED) is 0.862. The highest BCUT2D eigenvalue weighted by Gasteiger charge is 2.15. The van der Waals surface area contributed by atoms with Crippen molar-refractivity contribution in [1.29, 1.82) is 0 Å². The Hall–Kier alpha value is -1.75. The number of nitrogens with two attached hydrogens (primary N) is 1. The molecule has 100 valence electrons. The van der Waals surface area contributed by atoms with Crippen LogP contribution >= 0.6 is 0 Å². The van der Waals surface area contributed by atoms with Crippen LogP contribution < -0.4 is 15.8 Å². The summed E-state index contributed by atoms with van der Waals surface area (Å²) >= 11 is 0. The Balaban J connectivity index is 2.50. The van der Waals surface area contributed by atoms with E-state index < -0.39 is 11.7 Å². The zero-order valence-electron chi connectivity index (χ0n) is 11.0. The lowest BCUT2D eigenvalue weighted by Gasteiger charge is -2.19. The van der Waals surface area contributed by atoms with Gasteiger partial charge in [0.1, 0.15) is 18.0 Å². The fourth-order valence-electron chi connectivity index (χ4n) is 1.23. The van der Waals surface area contributed by atoms with Gasteiger partial charge in [-0.05, 0) is 45.0 Å². The van der Waals surface area contributed by atoms with Gasteiger partial charge in [-0.1, -0.05) is 0 Å². The zero-order valence-corrected chi connectivity index (χ0v) is 11.0. The van der Waals surface area contributed by atoms with E-state index in [1.807, 2.05) is 20.8 Å². The Morgan fingerprint density at radius 1 is 1.28 bits per heavy atom. The summed E-state index contributed by atoms with van der Waals surface area (Å²) in [5.74, 6) is 0.718. The molecular weight excluding hydrogens is 232 g/mol. The van der Waals surface area contributed by atoms with Gasteiger partial charge in [-0.25, -0.2) is 4.79 Å². The molecule has 0 aliphatic rings. The van der Waals surface area contributed by atoms with Gasteiger partial charge in [0.15, 0.2) is 0 Å². The van der Waals surface area contributed by atoms with E-state index in [9.17, 15) is 4.79 Å². The minimum atomic E-state index is -0.506. The van der Waals surface area contributed by atoms with Crippen LogP contribution in [0.3, 0.4) is 0 Å². The van der Waals surface area contributed by atoms with Gasteiger partial charge in [0.2, 0.25) is 0 Å². The molecule has 1 rings (SSSR count). The molecular formula is C13H20N2O3. The molecule has 0 bridgehead atoms. The summed E-state index contributed by atoms with van der Waals surface area (Å²) in [5, 5.41) is 2.64. The van der Waals surface area contributed by atoms with Crippen molar-refractivity contribution in [2.75, 3.05) is 18.5 Å². The summed E-state index contributed by atoms with van der Waals surface area (Å²) in [7, 11) is 0. The highest BCUT2D eigenvalue weighted by atomic mass is 16.6. The van der Waals surface area contributed by atoms with E-state index in [0.717, 1.165) is 5.75 Å². The van der Waals surface area contributed by atoms with Gasteiger partial charge in [-0.2, -0.15) is 0 Å². The van der Waals surface area contributed by atoms with E-state index in [1.54, 1.807) is 24.3 Å². The topological polar surface area (TPSA) is 73.6 Å². The molecule has 0 saturated heterocycles. The molecule has 0 radical (unpaired) electrons. The van der Waals surface area contributed by atoms with Gasteiger partial charge in [-0.15, -0.1) is 0 Å². The molecule has 1 aromatic carbocycles. The average Bonchev–Trinajstić information content (AvgIpc) is 2.25. The number of ether oxygens (including phenoxy) is 2. The molecule has 0 aromatic heterocycles. The van der Waals surface area contributed by atoms with Crippen LogP contribution in [0.4, 0.5) is 10.5 Å². The number of benzene rings is 1. The number of carbonyl (C=O) groups excluding carboxylic acids is 1. The second-order valence-electron chi connectivity index (χ2n) is 4.79. The largest absolute Gasteiger partial charge is 0.492 e. The molecule has 0 saturated carbocycles. The number of hydrogen-bond acceptors (Lipinski definition) is 4. The van der Waals surface area contributed by atoms with Crippen LogP contribution in [0.5, 0.6) is 5.75 Å². The monoisotopic (exact) mass is 252 g/mol. The first-order valence-corrected chi connectivity index (χ1v) is 5.83. The summed E-state index contributed by atoms with van der Waals surface area (Å²) in [6, 6.07) is 7.02. The lowest BCUT2D eigenvalue weighted by atomic mass is 10.2. The van der Waals surface area contributed by atoms with E-state index in [1.165, 1.54) is 0 Å². The Bertz CT molecular complexity index is 382. The molecule has 5 heteroatoms. The second kappa shape index (κ2) is 6.26. The molecule has 18 heavy (non-hydrogen) atoms. The first-order valence-electron chi connectivity index (χ1n) is 5.83. The molecule has 0 spiro atoms. The van der Waals surface area contributed by atoms with Crippen molar-refractivity contribution < 1.29 is 14.3 Å². The first kappa shape index (κ1) is 14.3. The minimum absolute atomic E-state index is 0.470. The van der Waals surface area contributed by atoms with E-state index in [0.29, 0.717) is 18.8 Å². The van der Waals surface area contributed by atoms with E-state index in [-0.39, 0.29) is 0 Å². The molecule has 0 fully saturated rings. The maximum absolute atomic E-state index is 11.5. The number of hydrogen-bond donors (Lipinski definition) is 2. The maximum atomic E-state index is 11.5. The van der Waals surface area contributed by atoms with Crippen molar-refractivity contribution in [3.8, 4) is 5.75 Å². The Morgan fingerprint density at radius 2 is 1.89 bits per heavy atom. The fourth-order valence-corrected chi connectivity index (χ4v) is 1.23. The number of carbonyl (C=O) groups is 1. The van der Waals surface area contributed by atoms with Crippen LogP contribution in [0.2, 0.25) is 0 Å². The summed E-state index contributed by atoms with van der Waals surface area (Å²) in [5.41, 5.74) is 5.48. The van der Waals surface area contributed by atoms with Crippen LogP contribution in [-0.4, -0.2) is 24.8 Å². The number of anilines is 1. The third-order valence-corrected chi connectivity index (χ3v) is 1.89. The molecule has 0 aliphatic carbocycles. The van der Waals surface area contributed by atoms with Crippen LogP contribution in [-0.2, 0) is 4.74 Å². The predicted molar refractivity (Wildman–Crippen MR) is 70.8 cm³/mol. The van der Waals surface area contributed by atoms with Crippen molar-refractivity contribution in [2.24, 2.45) is 5.73 Å². The van der Waals surface area contributed by atoms with Crippen molar-refractivity contribution in [2.45, 2.75) is 26.4 Å². The SMILES string of the molecule is CC(C)(C)OC(=O)Nc1ccc(OCCN)cc1. The Labute approximate surface area is 107 Å². The predicted octanol–water partition coefficient (Wildman–Crippen LogP) is 2.37. The molecule has 1 amide bonds. The smallest absolute Gasteiger partial charge is 0.412 e. The van der Waals surface area contributed by atoms with Gasteiger partial charge in [0.05, 0.1) is 0 Å². The molecule has 0 heterocycles. The number of nitrogens with one attached hydrogen (secondary N) is 1. The third kappa shape index (κ3) is 5.54. The molecule has 0 atom stereocenters. The lowest BCUT2D eigenvalue weighted by Crippen LogP contribution is -2.27. The third-order valence-electron chi connectivity index (χ3n) is 1.89. The van der Waals surface area contributed by atoms with Crippen LogP contribution in [0, 0.1) is 0 Å². The maximum Gasteiger partial charge on any atom is 0.412 e. The van der Waals surface area contributed by atoms with Gasteiger partial charge >= 0.3 is 6.09 Å². The highest BCUT2D eigenvalue weighted by molar-refractivity contribution is 5.84. The van der Waals surface area contributed by atoms with E-state index >= 15 is 0 Å². The van der Waals surface area contributed by atoms with E-state index in [2.05, 4.69) is 5.32 Å². The van der Waals surface area contributed by atoms with Crippen molar-refractivity contribution in [3.63, 3.8) is 0 Å². The van der Waals surface area contributed by atoms with Gasteiger partial charge in [0.25, 0.3) is 0 Å². The van der Waals surface area contributed by atoms with Crippen molar-refractivity contribution in [1.82, 2.24) is 0 Å². The highest BCUT2D eigenvalue weighted by Crippen LogP contribution is 2.16. The molecule has 0 unspecified atom stereocenters. The number of rotatable bonds is 4. The van der Waals surface area contributed by atoms with Crippen molar-refractivity contribution >= 4 is 11.8 Å². The van der Waals surface area contributed by atoms with Crippen LogP contribution in [0.15, 0.2) is 24.3 Å². The van der Waals surface area contributed by atoms with Crippen LogP contribution in [0.25, 0.3) is 0 Å². The summed E-state index contributed by atoms with van der Waals surface area (Å²) in [6.45, 7) is 6.39.